The lowest BCUT2D eigenvalue weighted by atomic mass is 10.0. The summed E-state index contributed by atoms with van der Waals surface area (Å²) in [6.45, 7) is 13.9. The van der Waals surface area contributed by atoms with Crippen molar-refractivity contribution in [2.45, 2.75) is 123 Å². The Morgan fingerprint density at radius 3 is 1.19 bits per heavy atom. The van der Waals surface area contributed by atoms with Crippen LogP contribution in [0.4, 0.5) is 0 Å². The van der Waals surface area contributed by atoms with Crippen LogP contribution in [0.15, 0.2) is 0 Å². The quantitative estimate of drug-likeness (QED) is 0.0789. The molecule has 0 rings (SSSR count). The first-order chi connectivity index (χ1) is 21.2. The fourth-order valence-corrected chi connectivity index (χ4v) is 4.40. The summed E-state index contributed by atoms with van der Waals surface area (Å²) in [6, 6.07) is 0. The molecule has 0 bridgehead atoms. The molecule has 1 N–H and O–H groups in total. The van der Waals surface area contributed by atoms with Crippen molar-refractivity contribution in [2.75, 3.05) is 99.1 Å². The summed E-state index contributed by atoms with van der Waals surface area (Å²) in [5.74, 6) is 0. The Bertz CT molecular complexity index is 498. The lowest BCUT2D eigenvalue weighted by molar-refractivity contribution is -0.0689. The van der Waals surface area contributed by atoms with Gasteiger partial charge in [0.15, 0.2) is 0 Å². The Labute approximate surface area is 264 Å². The van der Waals surface area contributed by atoms with E-state index in [0.717, 1.165) is 13.0 Å². The highest BCUT2D eigenvalue weighted by atomic mass is 16.6. The van der Waals surface area contributed by atoms with Crippen LogP contribution >= 0.6 is 0 Å². The van der Waals surface area contributed by atoms with Gasteiger partial charge in [-0.15, -0.1) is 0 Å². The summed E-state index contributed by atoms with van der Waals surface area (Å²) in [7, 11) is 0. The summed E-state index contributed by atoms with van der Waals surface area (Å²) in [5.41, 5.74) is 0. The van der Waals surface area contributed by atoms with E-state index in [9.17, 15) is 0 Å². The molecule has 260 valence electrons. The van der Waals surface area contributed by atoms with Gasteiger partial charge in [0, 0.05) is 6.61 Å². The second-order valence-electron chi connectivity index (χ2n) is 11.3. The predicted molar refractivity (Wildman–Crippen MR) is 173 cm³/mol. The lowest BCUT2D eigenvalue weighted by Gasteiger charge is -2.18. The number of aliphatic hydroxyl groups is 1. The number of hydrogen-bond acceptors (Lipinski definition) is 9. The minimum atomic E-state index is 0.0160. The molecule has 9 nitrogen and oxygen atoms in total. The van der Waals surface area contributed by atoms with E-state index in [1.807, 2.05) is 6.92 Å². The molecule has 0 heterocycles. The molecule has 43 heavy (non-hydrogen) atoms. The standard InChI is InChI=1S/C34H70O9/c1-4-5-6-7-8-9-10-11-12-13-14-15-16-17-19-41-31-33(2)43-32-34(3)42-30-29-40-28-27-39-26-25-38-24-23-37-22-21-36-20-18-35/h33-35H,4-32H2,1-3H3. The van der Waals surface area contributed by atoms with Crippen molar-refractivity contribution < 1.29 is 43.0 Å². The molecule has 0 spiro atoms. The zero-order valence-corrected chi connectivity index (χ0v) is 28.4. The maximum Gasteiger partial charge on any atom is 0.0781 e. The summed E-state index contributed by atoms with van der Waals surface area (Å²) in [5, 5.41) is 8.59. The van der Waals surface area contributed by atoms with E-state index >= 15 is 0 Å². The molecule has 0 aromatic heterocycles. The van der Waals surface area contributed by atoms with E-state index in [2.05, 4.69) is 13.8 Å². The second kappa shape index (κ2) is 37.8. The van der Waals surface area contributed by atoms with Crippen LogP contribution < -0.4 is 0 Å². The van der Waals surface area contributed by atoms with Crippen LogP contribution in [0.1, 0.15) is 111 Å². The monoisotopic (exact) mass is 623 g/mol. The molecular weight excluding hydrogens is 552 g/mol. The lowest BCUT2D eigenvalue weighted by Crippen LogP contribution is -2.24. The van der Waals surface area contributed by atoms with Crippen LogP contribution in [0.25, 0.3) is 0 Å². The van der Waals surface area contributed by atoms with E-state index in [0.29, 0.717) is 85.9 Å². The summed E-state index contributed by atoms with van der Waals surface area (Å²) >= 11 is 0. The fourth-order valence-electron chi connectivity index (χ4n) is 4.40. The summed E-state index contributed by atoms with van der Waals surface area (Å²) in [4.78, 5) is 0. The largest absolute Gasteiger partial charge is 0.394 e. The Morgan fingerprint density at radius 2 is 0.744 bits per heavy atom. The number of hydrogen-bond donors (Lipinski definition) is 1. The zero-order chi connectivity index (χ0) is 31.3. The molecule has 0 radical (unpaired) electrons. The molecule has 0 aromatic rings. The van der Waals surface area contributed by atoms with Crippen molar-refractivity contribution in [2.24, 2.45) is 0 Å². The first kappa shape index (κ1) is 42.6. The molecule has 0 aromatic carbocycles. The molecule has 0 aliphatic heterocycles. The van der Waals surface area contributed by atoms with Gasteiger partial charge in [-0.05, 0) is 20.3 Å². The third-order valence-electron chi connectivity index (χ3n) is 6.96. The first-order valence-electron chi connectivity index (χ1n) is 17.5. The normalized spacial score (nSPS) is 13.1. The van der Waals surface area contributed by atoms with E-state index in [4.69, 9.17) is 43.0 Å². The van der Waals surface area contributed by atoms with Gasteiger partial charge in [0.05, 0.1) is 105 Å². The average Bonchev–Trinajstić information content (AvgIpc) is 3.01. The number of aliphatic hydroxyl groups excluding tert-OH is 1. The van der Waals surface area contributed by atoms with Gasteiger partial charge in [0.1, 0.15) is 0 Å². The maximum absolute atomic E-state index is 8.59. The molecule has 0 amide bonds. The van der Waals surface area contributed by atoms with Crippen molar-refractivity contribution in [3.8, 4) is 0 Å². The van der Waals surface area contributed by atoms with E-state index in [1.54, 1.807) is 0 Å². The zero-order valence-electron chi connectivity index (χ0n) is 28.4. The topological polar surface area (TPSA) is 94.1 Å². The van der Waals surface area contributed by atoms with Gasteiger partial charge in [-0.1, -0.05) is 90.4 Å². The van der Waals surface area contributed by atoms with Crippen LogP contribution in [-0.4, -0.2) is 116 Å². The highest BCUT2D eigenvalue weighted by Crippen LogP contribution is 2.13. The van der Waals surface area contributed by atoms with Crippen molar-refractivity contribution in [1.29, 1.82) is 0 Å². The van der Waals surface area contributed by atoms with Gasteiger partial charge in [0.2, 0.25) is 0 Å². The third kappa shape index (κ3) is 37.7. The maximum atomic E-state index is 8.59. The Kier molecular flexibility index (Phi) is 37.5. The molecule has 0 saturated carbocycles. The summed E-state index contributed by atoms with van der Waals surface area (Å²) in [6.07, 6.45) is 19.3. The van der Waals surface area contributed by atoms with E-state index < -0.39 is 0 Å². The van der Waals surface area contributed by atoms with Gasteiger partial charge in [-0.3, -0.25) is 0 Å². The smallest absolute Gasteiger partial charge is 0.0781 e. The molecule has 9 heteroatoms. The van der Waals surface area contributed by atoms with Gasteiger partial charge in [-0.2, -0.15) is 0 Å². The van der Waals surface area contributed by atoms with Crippen molar-refractivity contribution in [3.63, 3.8) is 0 Å². The molecule has 2 unspecified atom stereocenters. The predicted octanol–water partition coefficient (Wildman–Crippen LogP) is 6.37. The van der Waals surface area contributed by atoms with Crippen molar-refractivity contribution in [1.82, 2.24) is 0 Å². The van der Waals surface area contributed by atoms with Crippen LogP contribution in [-0.2, 0) is 37.9 Å². The average molecular weight is 623 g/mol. The van der Waals surface area contributed by atoms with Crippen molar-refractivity contribution in [3.05, 3.63) is 0 Å². The van der Waals surface area contributed by atoms with Crippen molar-refractivity contribution >= 4 is 0 Å². The number of unbranched alkanes of at least 4 members (excludes halogenated alkanes) is 13. The third-order valence-corrected chi connectivity index (χ3v) is 6.96. The highest BCUT2D eigenvalue weighted by Gasteiger charge is 2.07. The molecule has 0 saturated heterocycles. The minimum Gasteiger partial charge on any atom is -0.394 e. The molecule has 2 atom stereocenters. The Balaban J connectivity index is 3.25. The number of rotatable bonds is 38. The SMILES string of the molecule is CCCCCCCCCCCCCCCCOCC(C)OCC(C)OCCOCCOCCOCCOCCOCCO. The van der Waals surface area contributed by atoms with Crippen LogP contribution in [0, 0.1) is 0 Å². The number of ether oxygens (including phenoxy) is 8. The van der Waals surface area contributed by atoms with Gasteiger partial charge in [0.25, 0.3) is 0 Å². The fraction of sp³-hybridized carbons (Fsp3) is 1.00. The molecule has 0 aliphatic carbocycles. The van der Waals surface area contributed by atoms with E-state index in [1.165, 1.54) is 83.5 Å². The molecule has 0 aliphatic rings. The molecule has 0 fully saturated rings. The molecular formula is C34H70O9. The summed E-state index contributed by atoms with van der Waals surface area (Å²) < 4.78 is 44.3. The van der Waals surface area contributed by atoms with E-state index in [-0.39, 0.29) is 18.8 Å². The van der Waals surface area contributed by atoms with Gasteiger partial charge >= 0.3 is 0 Å². The van der Waals surface area contributed by atoms with Gasteiger partial charge < -0.3 is 43.0 Å². The highest BCUT2D eigenvalue weighted by molar-refractivity contribution is 4.54. The second-order valence-corrected chi connectivity index (χ2v) is 11.3. The van der Waals surface area contributed by atoms with Crippen LogP contribution in [0.3, 0.4) is 0 Å². The minimum absolute atomic E-state index is 0.0160. The Hall–Kier alpha value is -0.360. The first-order valence-corrected chi connectivity index (χ1v) is 17.5. The van der Waals surface area contributed by atoms with Crippen LogP contribution in [0.5, 0.6) is 0 Å². The Morgan fingerprint density at radius 1 is 0.372 bits per heavy atom. The van der Waals surface area contributed by atoms with Crippen LogP contribution in [0.2, 0.25) is 0 Å². The van der Waals surface area contributed by atoms with Gasteiger partial charge in [-0.25, -0.2) is 0 Å².